The van der Waals surface area contributed by atoms with Crippen LogP contribution in [0.15, 0.2) is 0 Å². The van der Waals surface area contributed by atoms with Crippen molar-refractivity contribution in [3.05, 3.63) is 0 Å². The van der Waals surface area contributed by atoms with Crippen LogP contribution in [0.1, 0.15) is 39.5 Å². The Morgan fingerprint density at radius 1 is 1.19 bits per heavy atom. The van der Waals surface area contributed by atoms with Gasteiger partial charge in [-0.1, -0.05) is 13.8 Å². The number of carboxylic acids is 1. The van der Waals surface area contributed by atoms with Crippen LogP contribution in [0.25, 0.3) is 0 Å². The summed E-state index contributed by atoms with van der Waals surface area (Å²) in [7, 11) is 0. The summed E-state index contributed by atoms with van der Waals surface area (Å²) >= 11 is 0. The Bertz CT molecular complexity index is 559. The predicted molar refractivity (Wildman–Crippen MR) is 93.2 cm³/mol. The lowest BCUT2D eigenvalue weighted by Gasteiger charge is -2.26. The molecule has 2 fully saturated rings. The van der Waals surface area contributed by atoms with Gasteiger partial charge >= 0.3 is 5.97 Å². The number of nitrogens with one attached hydrogen (secondary N) is 3. The van der Waals surface area contributed by atoms with Gasteiger partial charge in [0.05, 0.1) is 12.6 Å². The fraction of sp³-hybridized carbons (Fsp3) is 0.765. The van der Waals surface area contributed by atoms with Crippen molar-refractivity contribution in [1.82, 2.24) is 20.9 Å². The first kappa shape index (κ1) is 20.2. The van der Waals surface area contributed by atoms with Gasteiger partial charge in [0.2, 0.25) is 17.7 Å². The van der Waals surface area contributed by atoms with Gasteiger partial charge in [-0.2, -0.15) is 0 Å². The molecule has 3 amide bonds. The number of amides is 3. The topological polar surface area (TPSA) is 128 Å². The van der Waals surface area contributed by atoms with Crippen LogP contribution in [0.5, 0.6) is 0 Å². The summed E-state index contributed by atoms with van der Waals surface area (Å²) in [5, 5.41) is 17.2. The van der Waals surface area contributed by atoms with E-state index in [1.807, 2.05) is 0 Å². The zero-order valence-corrected chi connectivity index (χ0v) is 15.3. The lowest BCUT2D eigenvalue weighted by atomic mass is 10.0. The fourth-order valence-electron chi connectivity index (χ4n) is 3.42. The Morgan fingerprint density at radius 3 is 2.50 bits per heavy atom. The quantitative estimate of drug-likeness (QED) is 0.460. The molecule has 9 heteroatoms. The van der Waals surface area contributed by atoms with Crippen molar-refractivity contribution in [3.8, 4) is 0 Å². The molecular weight excluding hydrogens is 340 g/mol. The minimum absolute atomic E-state index is 0.0599. The molecule has 2 saturated heterocycles. The molecule has 3 unspecified atom stereocenters. The molecule has 2 aliphatic rings. The fourth-order valence-corrected chi connectivity index (χ4v) is 3.42. The molecule has 2 heterocycles. The van der Waals surface area contributed by atoms with Crippen LogP contribution in [0.3, 0.4) is 0 Å². The van der Waals surface area contributed by atoms with E-state index in [1.165, 1.54) is 0 Å². The number of carbonyl (C=O) groups is 4. The summed E-state index contributed by atoms with van der Waals surface area (Å²) < 4.78 is 0. The Labute approximate surface area is 152 Å². The first-order valence-electron chi connectivity index (χ1n) is 9.15. The van der Waals surface area contributed by atoms with Crippen LogP contribution in [0, 0.1) is 5.92 Å². The van der Waals surface area contributed by atoms with Crippen LogP contribution in [0.2, 0.25) is 0 Å². The molecule has 0 aromatic carbocycles. The lowest BCUT2D eigenvalue weighted by Crippen LogP contribution is -2.53. The van der Waals surface area contributed by atoms with E-state index >= 15 is 0 Å². The third-order valence-corrected chi connectivity index (χ3v) is 4.87. The number of carboxylic acid groups (broad SMARTS) is 1. The zero-order chi connectivity index (χ0) is 19.3. The number of likely N-dealkylation sites (tertiary alicyclic amines) is 1. The number of rotatable bonds is 7. The third-order valence-electron chi connectivity index (χ3n) is 4.87. The maximum Gasteiger partial charge on any atom is 0.326 e. The normalized spacial score (nSPS) is 23.7. The molecular formula is C17H28N4O5. The summed E-state index contributed by atoms with van der Waals surface area (Å²) in [5.41, 5.74) is 0. The van der Waals surface area contributed by atoms with E-state index in [0.29, 0.717) is 13.0 Å². The molecule has 0 aliphatic carbocycles. The predicted octanol–water partition coefficient (Wildman–Crippen LogP) is -0.929. The largest absolute Gasteiger partial charge is 0.480 e. The number of hydrogen-bond donors (Lipinski definition) is 4. The lowest BCUT2D eigenvalue weighted by molar-refractivity contribution is -0.143. The van der Waals surface area contributed by atoms with Crippen LogP contribution < -0.4 is 16.0 Å². The molecule has 2 aliphatic heterocycles. The molecule has 0 spiro atoms. The SMILES string of the molecule is CC(C)C(NC(=O)CNC(=O)C1CCCN1C(=O)C1CCCN1)C(=O)O. The average Bonchev–Trinajstić information content (AvgIpc) is 3.27. The smallest absolute Gasteiger partial charge is 0.326 e. The van der Waals surface area contributed by atoms with Gasteiger partial charge in [0.15, 0.2) is 0 Å². The van der Waals surface area contributed by atoms with Crippen LogP contribution in [0.4, 0.5) is 0 Å². The molecule has 26 heavy (non-hydrogen) atoms. The second-order valence-corrected chi connectivity index (χ2v) is 7.18. The van der Waals surface area contributed by atoms with Crippen molar-refractivity contribution in [3.63, 3.8) is 0 Å². The summed E-state index contributed by atoms with van der Waals surface area (Å²) in [4.78, 5) is 49.6. The maximum absolute atomic E-state index is 12.5. The monoisotopic (exact) mass is 368 g/mol. The van der Waals surface area contributed by atoms with Gasteiger partial charge in [-0.3, -0.25) is 14.4 Å². The molecule has 9 nitrogen and oxygen atoms in total. The third kappa shape index (κ3) is 4.94. The van der Waals surface area contributed by atoms with Crippen LogP contribution in [-0.2, 0) is 19.2 Å². The van der Waals surface area contributed by atoms with E-state index in [1.54, 1.807) is 18.7 Å². The van der Waals surface area contributed by atoms with Gasteiger partial charge in [-0.05, 0) is 38.1 Å². The van der Waals surface area contributed by atoms with E-state index in [-0.39, 0.29) is 30.3 Å². The molecule has 0 radical (unpaired) electrons. The highest BCUT2D eigenvalue weighted by molar-refractivity contribution is 5.93. The van der Waals surface area contributed by atoms with Crippen molar-refractivity contribution in [2.75, 3.05) is 19.6 Å². The highest BCUT2D eigenvalue weighted by atomic mass is 16.4. The summed E-state index contributed by atoms with van der Waals surface area (Å²) in [6.45, 7) is 4.42. The second-order valence-electron chi connectivity index (χ2n) is 7.18. The van der Waals surface area contributed by atoms with Crippen molar-refractivity contribution in [1.29, 1.82) is 0 Å². The van der Waals surface area contributed by atoms with Crippen LogP contribution in [-0.4, -0.2) is 71.5 Å². The molecule has 0 aromatic rings. The van der Waals surface area contributed by atoms with Gasteiger partial charge in [0.1, 0.15) is 12.1 Å². The minimum atomic E-state index is -1.11. The first-order valence-corrected chi connectivity index (χ1v) is 9.15. The Morgan fingerprint density at radius 2 is 1.92 bits per heavy atom. The van der Waals surface area contributed by atoms with Crippen molar-refractivity contribution >= 4 is 23.7 Å². The Hall–Kier alpha value is -2.16. The molecule has 4 N–H and O–H groups in total. The number of nitrogens with zero attached hydrogens (tertiary/aromatic N) is 1. The van der Waals surface area contributed by atoms with E-state index in [2.05, 4.69) is 16.0 Å². The zero-order valence-electron chi connectivity index (χ0n) is 15.3. The Kier molecular flexibility index (Phi) is 6.96. The van der Waals surface area contributed by atoms with E-state index < -0.39 is 24.0 Å². The van der Waals surface area contributed by atoms with Crippen molar-refractivity contribution in [2.45, 2.75) is 57.7 Å². The standard InChI is InChI=1S/C17H28N4O5/c1-10(2)14(17(25)26)20-13(22)9-19-15(23)12-6-4-8-21(12)16(24)11-5-3-7-18-11/h10-12,14,18H,3-9H2,1-2H3,(H,19,23)(H,20,22)(H,25,26). The maximum atomic E-state index is 12.5. The second kappa shape index (κ2) is 8.98. The highest BCUT2D eigenvalue weighted by Crippen LogP contribution is 2.20. The van der Waals surface area contributed by atoms with E-state index in [9.17, 15) is 19.2 Å². The molecule has 2 rings (SSSR count). The van der Waals surface area contributed by atoms with Crippen LogP contribution >= 0.6 is 0 Å². The molecule has 0 saturated carbocycles. The molecule has 146 valence electrons. The first-order chi connectivity index (χ1) is 12.3. The van der Waals surface area contributed by atoms with E-state index in [0.717, 1.165) is 25.8 Å². The van der Waals surface area contributed by atoms with Gasteiger partial charge in [0.25, 0.3) is 0 Å². The number of aliphatic carboxylic acids is 1. The van der Waals surface area contributed by atoms with Gasteiger partial charge < -0.3 is 26.0 Å². The molecule has 3 atom stereocenters. The van der Waals surface area contributed by atoms with Crippen molar-refractivity contribution in [2.24, 2.45) is 5.92 Å². The van der Waals surface area contributed by atoms with Crippen molar-refractivity contribution < 1.29 is 24.3 Å². The number of carbonyl (C=O) groups excluding carboxylic acids is 3. The number of hydrogen-bond acceptors (Lipinski definition) is 5. The highest BCUT2D eigenvalue weighted by Gasteiger charge is 2.37. The van der Waals surface area contributed by atoms with E-state index in [4.69, 9.17) is 5.11 Å². The summed E-state index contributed by atoms with van der Waals surface area (Å²) in [5.74, 6) is -2.38. The average molecular weight is 368 g/mol. The Balaban J connectivity index is 1.85. The molecule has 0 bridgehead atoms. The summed E-state index contributed by atoms with van der Waals surface area (Å²) in [6, 6.07) is -1.80. The van der Waals surface area contributed by atoms with Gasteiger partial charge in [0, 0.05) is 6.54 Å². The van der Waals surface area contributed by atoms with Gasteiger partial charge in [-0.15, -0.1) is 0 Å². The molecule has 0 aromatic heterocycles. The summed E-state index contributed by atoms with van der Waals surface area (Å²) in [6.07, 6.45) is 3.03. The van der Waals surface area contributed by atoms with Gasteiger partial charge in [-0.25, -0.2) is 4.79 Å². The minimum Gasteiger partial charge on any atom is -0.480 e.